The largest absolute Gasteiger partial charge is 0.391 e. The van der Waals surface area contributed by atoms with Crippen LogP contribution < -0.4 is 5.73 Å². The van der Waals surface area contributed by atoms with Crippen LogP contribution >= 0.6 is 0 Å². The molecule has 3 N–H and O–H groups in total. The average Bonchev–Trinajstić information content (AvgIpc) is 2.09. The van der Waals surface area contributed by atoms with Crippen LogP contribution in [0.5, 0.6) is 0 Å². The number of amides is 1. The third-order valence-corrected chi connectivity index (χ3v) is 1.70. The van der Waals surface area contributed by atoms with Crippen LogP contribution in [-0.2, 0) is 4.79 Å². The summed E-state index contributed by atoms with van der Waals surface area (Å²) in [5.41, 5.74) is 5.76. The van der Waals surface area contributed by atoms with E-state index in [-0.39, 0.29) is 18.6 Å². The van der Waals surface area contributed by atoms with Crippen LogP contribution in [0.15, 0.2) is 12.3 Å². The zero-order chi connectivity index (χ0) is 8.43. The van der Waals surface area contributed by atoms with Crippen molar-refractivity contribution < 1.29 is 9.90 Å². The molecule has 1 saturated heterocycles. The topological polar surface area (TPSA) is 66.6 Å². The summed E-state index contributed by atoms with van der Waals surface area (Å²) in [4.78, 5) is 12.2. The molecule has 4 heteroatoms. The standard InChI is InChI=1S/C7H12N2O2/c1-5-2-6(10)3-9(5)4-7(8)11/h6,10H,1-4H2,(H2,8,11). The first kappa shape index (κ1) is 8.07. The third kappa shape index (κ3) is 1.94. The van der Waals surface area contributed by atoms with Gasteiger partial charge in [0.2, 0.25) is 5.91 Å². The van der Waals surface area contributed by atoms with Gasteiger partial charge in [0.15, 0.2) is 0 Å². The number of carbonyl (C=O) groups excluding carboxylic acids is 1. The first-order valence-electron chi connectivity index (χ1n) is 3.48. The van der Waals surface area contributed by atoms with E-state index >= 15 is 0 Å². The Morgan fingerprint density at radius 2 is 2.55 bits per heavy atom. The quantitative estimate of drug-likeness (QED) is 0.542. The van der Waals surface area contributed by atoms with E-state index in [0.717, 1.165) is 5.70 Å². The summed E-state index contributed by atoms with van der Waals surface area (Å²) < 4.78 is 0. The van der Waals surface area contributed by atoms with Crippen molar-refractivity contribution >= 4 is 5.91 Å². The predicted molar refractivity (Wildman–Crippen MR) is 40.5 cm³/mol. The van der Waals surface area contributed by atoms with E-state index in [0.29, 0.717) is 13.0 Å². The lowest BCUT2D eigenvalue weighted by molar-refractivity contribution is -0.118. The maximum atomic E-state index is 10.5. The Kier molecular flexibility index (Phi) is 2.14. The van der Waals surface area contributed by atoms with Crippen LogP contribution in [-0.4, -0.2) is 35.1 Å². The lowest BCUT2D eigenvalue weighted by Gasteiger charge is -2.15. The SMILES string of the molecule is C=C1CC(O)CN1CC(N)=O. The van der Waals surface area contributed by atoms with E-state index in [4.69, 9.17) is 10.8 Å². The molecule has 0 saturated carbocycles. The molecule has 4 nitrogen and oxygen atoms in total. The summed E-state index contributed by atoms with van der Waals surface area (Å²) in [7, 11) is 0. The van der Waals surface area contributed by atoms with Gasteiger partial charge in [0.05, 0.1) is 12.6 Å². The Bertz CT molecular complexity index is 191. The first-order valence-corrected chi connectivity index (χ1v) is 3.48. The van der Waals surface area contributed by atoms with Crippen molar-refractivity contribution in [3.05, 3.63) is 12.3 Å². The van der Waals surface area contributed by atoms with E-state index in [1.165, 1.54) is 0 Å². The van der Waals surface area contributed by atoms with Gasteiger partial charge in [-0.2, -0.15) is 0 Å². The highest BCUT2D eigenvalue weighted by Crippen LogP contribution is 2.18. The van der Waals surface area contributed by atoms with E-state index in [1.807, 2.05) is 0 Å². The molecule has 1 aliphatic rings. The number of hydrogen-bond acceptors (Lipinski definition) is 3. The number of likely N-dealkylation sites (tertiary alicyclic amines) is 1. The molecule has 1 amide bonds. The zero-order valence-corrected chi connectivity index (χ0v) is 6.29. The highest BCUT2D eigenvalue weighted by atomic mass is 16.3. The van der Waals surface area contributed by atoms with Crippen LogP contribution in [0.4, 0.5) is 0 Å². The monoisotopic (exact) mass is 156 g/mol. The van der Waals surface area contributed by atoms with Gasteiger partial charge in [0.1, 0.15) is 0 Å². The molecule has 0 aromatic heterocycles. The average molecular weight is 156 g/mol. The Hall–Kier alpha value is -1.03. The van der Waals surface area contributed by atoms with Crippen molar-refractivity contribution in [1.29, 1.82) is 0 Å². The number of carbonyl (C=O) groups is 1. The van der Waals surface area contributed by atoms with E-state index in [9.17, 15) is 4.79 Å². The molecule has 1 fully saturated rings. The van der Waals surface area contributed by atoms with Crippen LogP contribution in [0.3, 0.4) is 0 Å². The molecule has 62 valence electrons. The molecule has 1 aliphatic heterocycles. The number of primary amides is 1. The molecule has 1 rings (SSSR count). The molecule has 11 heavy (non-hydrogen) atoms. The summed E-state index contributed by atoms with van der Waals surface area (Å²) in [6, 6.07) is 0. The second-order valence-electron chi connectivity index (χ2n) is 2.77. The number of aliphatic hydroxyl groups is 1. The molecule has 0 aromatic carbocycles. The normalized spacial score (nSPS) is 24.3. The number of aliphatic hydroxyl groups excluding tert-OH is 1. The molecule has 0 radical (unpaired) electrons. The highest BCUT2D eigenvalue weighted by molar-refractivity contribution is 5.76. The van der Waals surface area contributed by atoms with Gasteiger partial charge >= 0.3 is 0 Å². The second kappa shape index (κ2) is 2.92. The minimum absolute atomic E-state index is 0.163. The van der Waals surface area contributed by atoms with Gasteiger partial charge < -0.3 is 15.7 Å². The van der Waals surface area contributed by atoms with Crippen molar-refractivity contribution in [2.75, 3.05) is 13.1 Å². The molecular formula is C7H12N2O2. The van der Waals surface area contributed by atoms with Gasteiger partial charge in [-0.25, -0.2) is 0 Å². The molecule has 1 atom stereocenters. The maximum absolute atomic E-state index is 10.5. The zero-order valence-electron chi connectivity index (χ0n) is 6.29. The number of hydrogen-bond donors (Lipinski definition) is 2. The summed E-state index contributed by atoms with van der Waals surface area (Å²) in [6.45, 7) is 4.33. The molecule has 0 bridgehead atoms. The Morgan fingerprint density at radius 3 is 2.91 bits per heavy atom. The summed E-state index contributed by atoms with van der Waals surface area (Å²) in [5.74, 6) is -0.389. The van der Waals surface area contributed by atoms with Crippen LogP contribution in [0.1, 0.15) is 6.42 Å². The third-order valence-electron chi connectivity index (χ3n) is 1.70. The van der Waals surface area contributed by atoms with Gasteiger partial charge in [0, 0.05) is 18.7 Å². The smallest absolute Gasteiger partial charge is 0.236 e. The van der Waals surface area contributed by atoms with Gasteiger partial charge in [-0.1, -0.05) is 6.58 Å². The maximum Gasteiger partial charge on any atom is 0.236 e. The van der Waals surface area contributed by atoms with E-state index < -0.39 is 0 Å². The molecule has 1 unspecified atom stereocenters. The lowest BCUT2D eigenvalue weighted by Crippen LogP contribution is -2.31. The molecular weight excluding hydrogens is 144 g/mol. The van der Waals surface area contributed by atoms with Crippen LogP contribution in [0.2, 0.25) is 0 Å². The predicted octanol–water partition coefficient (Wildman–Crippen LogP) is -0.948. The first-order chi connectivity index (χ1) is 5.09. The fourth-order valence-electron chi connectivity index (χ4n) is 1.21. The highest BCUT2D eigenvalue weighted by Gasteiger charge is 2.23. The van der Waals surface area contributed by atoms with Crippen LogP contribution in [0.25, 0.3) is 0 Å². The Labute approximate surface area is 65.3 Å². The van der Waals surface area contributed by atoms with Gasteiger partial charge in [0.25, 0.3) is 0 Å². The van der Waals surface area contributed by atoms with Crippen molar-refractivity contribution in [3.8, 4) is 0 Å². The summed E-state index contributed by atoms with van der Waals surface area (Å²) in [5, 5.41) is 9.13. The molecule has 0 aromatic rings. The minimum Gasteiger partial charge on any atom is -0.391 e. The molecule has 0 aliphatic carbocycles. The van der Waals surface area contributed by atoms with Crippen molar-refractivity contribution in [1.82, 2.24) is 4.90 Å². The number of rotatable bonds is 2. The number of nitrogens with two attached hydrogens (primary N) is 1. The van der Waals surface area contributed by atoms with Crippen molar-refractivity contribution in [2.24, 2.45) is 5.73 Å². The van der Waals surface area contributed by atoms with E-state index in [2.05, 4.69) is 6.58 Å². The Balaban J connectivity index is 2.47. The van der Waals surface area contributed by atoms with Crippen LogP contribution in [0, 0.1) is 0 Å². The van der Waals surface area contributed by atoms with Gasteiger partial charge in [-0.15, -0.1) is 0 Å². The fraction of sp³-hybridized carbons (Fsp3) is 0.571. The lowest BCUT2D eigenvalue weighted by atomic mass is 10.3. The fourth-order valence-corrected chi connectivity index (χ4v) is 1.21. The van der Waals surface area contributed by atoms with Gasteiger partial charge in [-0.05, 0) is 0 Å². The van der Waals surface area contributed by atoms with E-state index in [1.54, 1.807) is 4.90 Å². The summed E-state index contributed by atoms with van der Waals surface area (Å²) in [6.07, 6.45) is 0.162. The summed E-state index contributed by atoms with van der Waals surface area (Å²) >= 11 is 0. The Morgan fingerprint density at radius 1 is 1.91 bits per heavy atom. The number of nitrogens with zero attached hydrogens (tertiary/aromatic N) is 1. The number of β-amino-alcohol motifs (C(OH)–C–C–N with tert-alkyl or cyclic N) is 1. The molecule has 0 spiro atoms. The second-order valence-corrected chi connectivity index (χ2v) is 2.77. The van der Waals surface area contributed by atoms with Crippen molar-refractivity contribution in [2.45, 2.75) is 12.5 Å². The van der Waals surface area contributed by atoms with Crippen molar-refractivity contribution in [3.63, 3.8) is 0 Å². The minimum atomic E-state index is -0.389. The van der Waals surface area contributed by atoms with Gasteiger partial charge in [-0.3, -0.25) is 4.79 Å². The molecule has 1 heterocycles.